The molecule has 122 valence electrons. The Bertz CT molecular complexity index is 564. The lowest BCUT2D eigenvalue weighted by Crippen LogP contribution is -2.41. The lowest BCUT2D eigenvalue weighted by Gasteiger charge is -2.08. The Hall–Kier alpha value is -2.60. The first kappa shape index (κ1) is 18.4. The number of rotatable bonds is 11. The molecule has 0 aliphatic rings. The number of ether oxygens (including phenoxy) is 1. The van der Waals surface area contributed by atoms with Crippen LogP contribution in [-0.2, 0) is 17.7 Å². The number of aliphatic hydroxyl groups excluding tert-OH is 1. The van der Waals surface area contributed by atoms with Gasteiger partial charge in [0.05, 0.1) is 6.20 Å². The zero-order valence-corrected chi connectivity index (χ0v) is 13.1. The fourth-order valence-corrected chi connectivity index (χ4v) is 1.75. The van der Waals surface area contributed by atoms with Gasteiger partial charge >= 0.3 is 0 Å². The standard InChI is InChI=1S/C17H23N4O2/c1-3-5-15(7-9-18)20-14-23-12-17(22)11-21-10-8-16(6-4-2)19-13-21/h3-4,7-10,13-14,17-18,22H,1-2,5-6,11-12H2/q+1/b15-7-,18-9?,20-14?. The summed E-state index contributed by atoms with van der Waals surface area (Å²) in [6.07, 6.45) is 11.6. The van der Waals surface area contributed by atoms with Crippen molar-refractivity contribution in [3.8, 4) is 0 Å². The first-order chi connectivity index (χ1) is 11.2. The fourth-order valence-electron chi connectivity index (χ4n) is 1.75. The van der Waals surface area contributed by atoms with Crippen LogP contribution in [0.3, 0.4) is 0 Å². The van der Waals surface area contributed by atoms with Gasteiger partial charge in [0.2, 0.25) is 0 Å². The van der Waals surface area contributed by atoms with Crippen molar-refractivity contribution in [1.29, 1.82) is 5.41 Å². The number of allylic oxidation sites excluding steroid dienone is 3. The highest BCUT2D eigenvalue weighted by Crippen LogP contribution is 2.01. The predicted molar refractivity (Wildman–Crippen MR) is 90.5 cm³/mol. The number of hydrogen-bond donors (Lipinski definition) is 2. The maximum Gasteiger partial charge on any atom is 0.286 e. The Kier molecular flexibility index (Phi) is 8.85. The molecule has 6 heteroatoms. The fraction of sp³-hybridized carbons (Fsp3) is 0.294. The van der Waals surface area contributed by atoms with Gasteiger partial charge < -0.3 is 15.3 Å². The van der Waals surface area contributed by atoms with Crippen molar-refractivity contribution in [2.75, 3.05) is 6.61 Å². The van der Waals surface area contributed by atoms with Crippen LogP contribution in [0.5, 0.6) is 0 Å². The molecule has 1 atom stereocenters. The van der Waals surface area contributed by atoms with Gasteiger partial charge in [-0.2, -0.15) is 0 Å². The molecule has 23 heavy (non-hydrogen) atoms. The van der Waals surface area contributed by atoms with Crippen molar-refractivity contribution >= 4 is 12.6 Å². The molecule has 0 saturated heterocycles. The summed E-state index contributed by atoms with van der Waals surface area (Å²) in [6, 6.07) is 1.89. The third-order valence-corrected chi connectivity index (χ3v) is 2.82. The van der Waals surface area contributed by atoms with Crippen molar-refractivity contribution in [3.05, 3.63) is 61.4 Å². The summed E-state index contributed by atoms with van der Waals surface area (Å²) in [5.74, 6) is 0. The Balaban J connectivity index is 2.40. The summed E-state index contributed by atoms with van der Waals surface area (Å²) in [7, 11) is 0. The van der Waals surface area contributed by atoms with E-state index in [1.165, 1.54) is 6.40 Å². The van der Waals surface area contributed by atoms with Crippen LogP contribution in [0.15, 0.2) is 60.7 Å². The highest BCUT2D eigenvalue weighted by molar-refractivity contribution is 5.69. The zero-order valence-electron chi connectivity index (χ0n) is 13.1. The second-order valence-corrected chi connectivity index (χ2v) is 4.78. The Morgan fingerprint density at radius 2 is 2.30 bits per heavy atom. The minimum absolute atomic E-state index is 0.122. The molecule has 6 nitrogen and oxygen atoms in total. The molecule has 0 radical (unpaired) electrons. The number of nitrogens with one attached hydrogen (secondary N) is 1. The van der Waals surface area contributed by atoms with E-state index in [2.05, 4.69) is 23.1 Å². The molecule has 0 fully saturated rings. The topological polar surface area (TPSA) is 82.4 Å². The minimum Gasteiger partial charge on any atom is -0.480 e. The van der Waals surface area contributed by atoms with E-state index in [4.69, 9.17) is 10.1 Å². The van der Waals surface area contributed by atoms with E-state index >= 15 is 0 Å². The van der Waals surface area contributed by atoms with Gasteiger partial charge in [0, 0.05) is 30.8 Å². The normalized spacial score (nSPS) is 12.8. The van der Waals surface area contributed by atoms with Gasteiger partial charge in [-0.05, 0) is 6.08 Å². The molecule has 1 unspecified atom stereocenters. The summed E-state index contributed by atoms with van der Waals surface area (Å²) in [5, 5.41) is 17.0. The molecule has 0 amide bonds. The summed E-state index contributed by atoms with van der Waals surface area (Å²) < 4.78 is 7.00. The number of aromatic nitrogens is 2. The molecule has 1 aromatic heterocycles. The number of aliphatic imine (C=N–C) groups is 1. The van der Waals surface area contributed by atoms with Gasteiger partial charge in [0.1, 0.15) is 19.3 Å². The molecule has 0 saturated carbocycles. The van der Waals surface area contributed by atoms with Crippen LogP contribution in [0.4, 0.5) is 0 Å². The van der Waals surface area contributed by atoms with Gasteiger partial charge in [0.15, 0.2) is 12.1 Å². The first-order valence-corrected chi connectivity index (χ1v) is 7.27. The maximum absolute atomic E-state index is 9.93. The van der Waals surface area contributed by atoms with Crippen LogP contribution in [0.25, 0.3) is 0 Å². The van der Waals surface area contributed by atoms with E-state index in [-0.39, 0.29) is 6.61 Å². The molecule has 1 aromatic rings. The van der Waals surface area contributed by atoms with E-state index in [0.29, 0.717) is 18.7 Å². The van der Waals surface area contributed by atoms with Crippen molar-refractivity contribution in [1.82, 2.24) is 4.98 Å². The summed E-state index contributed by atoms with van der Waals surface area (Å²) >= 11 is 0. The molecular weight excluding hydrogens is 292 g/mol. The van der Waals surface area contributed by atoms with Crippen LogP contribution in [-0.4, -0.2) is 35.4 Å². The van der Waals surface area contributed by atoms with E-state index in [1.807, 2.05) is 12.3 Å². The average Bonchev–Trinajstić information content (AvgIpc) is 2.54. The number of nitrogens with zero attached hydrogens (tertiary/aromatic N) is 3. The van der Waals surface area contributed by atoms with Gasteiger partial charge in [-0.25, -0.2) is 9.56 Å². The zero-order chi connectivity index (χ0) is 16.9. The first-order valence-electron chi connectivity index (χ1n) is 7.27. The average molecular weight is 315 g/mol. The number of hydrogen-bond acceptors (Lipinski definition) is 5. The molecular formula is C17H23N4O2+. The Labute approximate surface area is 136 Å². The summed E-state index contributed by atoms with van der Waals surface area (Å²) in [5.41, 5.74) is 1.60. The number of aliphatic hydroxyl groups is 1. The van der Waals surface area contributed by atoms with Crippen LogP contribution in [0.1, 0.15) is 12.1 Å². The Morgan fingerprint density at radius 3 is 2.91 bits per heavy atom. The molecule has 2 N–H and O–H groups in total. The molecule has 0 aliphatic carbocycles. The maximum atomic E-state index is 9.93. The van der Waals surface area contributed by atoms with E-state index < -0.39 is 6.10 Å². The van der Waals surface area contributed by atoms with E-state index in [0.717, 1.165) is 18.3 Å². The van der Waals surface area contributed by atoms with E-state index in [1.54, 1.807) is 29.1 Å². The lowest BCUT2D eigenvalue weighted by atomic mass is 10.3. The molecule has 0 spiro atoms. The van der Waals surface area contributed by atoms with Crippen LogP contribution < -0.4 is 4.57 Å². The highest BCUT2D eigenvalue weighted by Gasteiger charge is 2.09. The molecule has 0 aliphatic heterocycles. The SMILES string of the molecule is C=CC/C(=C/C=N)N=COCC(O)C[n+]1ccc(CC=C)nc1. The van der Waals surface area contributed by atoms with Gasteiger partial charge in [-0.3, -0.25) is 0 Å². The largest absolute Gasteiger partial charge is 0.480 e. The Morgan fingerprint density at radius 1 is 1.48 bits per heavy atom. The summed E-state index contributed by atoms with van der Waals surface area (Å²) in [4.78, 5) is 8.32. The van der Waals surface area contributed by atoms with Gasteiger partial charge in [-0.15, -0.1) is 13.2 Å². The van der Waals surface area contributed by atoms with Crippen molar-refractivity contribution in [3.63, 3.8) is 0 Å². The molecule has 0 bridgehead atoms. The molecule has 0 aromatic carbocycles. The smallest absolute Gasteiger partial charge is 0.286 e. The molecule has 1 rings (SSSR count). The van der Waals surface area contributed by atoms with Crippen LogP contribution in [0.2, 0.25) is 0 Å². The van der Waals surface area contributed by atoms with Crippen LogP contribution in [0, 0.1) is 5.41 Å². The quantitative estimate of drug-likeness (QED) is 0.282. The highest BCUT2D eigenvalue weighted by atomic mass is 16.5. The molecule has 1 heterocycles. The van der Waals surface area contributed by atoms with Crippen LogP contribution >= 0.6 is 0 Å². The van der Waals surface area contributed by atoms with Crippen molar-refractivity contribution in [2.24, 2.45) is 4.99 Å². The predicted octanol–water partition coefficient (Wildman–Crippen LogP) is 1.61. The summed E-state index contributed by atoms with van der Waals surface area (Å²) in [6.45, 7) is 7.79. The third-order valence-electron chi connectivity index (χ3n) is 2.82. The lowest BCUT2D eigenvalue weighted by molar-refractivity contribution is -0.706. The van der Waals surface area contributed by atoms with Gasteiger partial charge in [-0.1, -0.05) is 17.1 Å². The van der Waals surface area contributed by atoms with E-state index in [9.17, 15) is 5.11 Å². The third kappa shape index (κ3) is 7.82. The van der Waals surface area contributed by atoms with Crippen molar-refractivity contribution in [2.45, 2.75) is 25.5 Å². The minimum atomic E-state index is -0.673. The van der Waals surface area contributed by atoms with Crippen molar-refractivity contribution < 1.29 is 14.4 Å². The van der Waals surface area contributed by atoms with Gasteiger partial charge in [0.25, 0.3) is 6.33 Å². The second kappa shape index (κ2) is 11.0. The monoisotopic (exact) mass is 315 g/mol. The second-order valence-electron chi connectivity index (χ2n) is 4.78.